The molecule has 0 spiro atoms. The fourth-order valence-electron chi connectivity index (χ4n) is 2.39. The van der Waals surface area contributed by atoms with Gasteiger partial charge in [0, 0.05) is 28.4 Å². The van der Waals surface area contributed by atoms with Crippen LogP contribution in [0.5, 0.6) is 0 Å². The molecule has 0 unspecified atom stereocenters. The summed E-state index contributed by atoms with van der Waals surface area (Å²) in [7, 11) is 0. The number of primary amides is 1. The third kappa shape index (κ3) is 4.21. The van der Waals surface area contributed by atoms with Gasteiger partial charge in [0.15, 0.2) is 11.0 Å². The van der Waals surface area contributed by atoms with E-state index in [4.69, 9.17) is 17.3 Å². The van der Waals surface area contributed by atoms with Gasteiger partial charge >= 0.3 is 0 Å². The minimum atomic E-state index is -0.327. The number of hydrogen-bond acceptors (Lipinski definition) is 4. The Morgan fingerprint density at radius 1 is 1.20 bits per heavy atom. The Kier molecular flexibility index (Phi) is 5.40. The highest BCUT2D eigenvalue weighted by molar-refractivity contribution is 7.99. The molecule has 1 heterocycles. The highest BCUT2D eigenvalue weighted by atomic mass is 35.5. The van der Waals surface area contributed by atoms with E-state index in [9.17, 15) is 4.79 Å². The summed E-state index contributed by atoms with van der Waals surface area (Å²) in [4.78, 5) is 11.0. The van der Waals surface area contributed by atoms with Crippen molar-refractivity contribution in [1.82, 2.24) is 14.8 Å². The van der Waals surface area contributed by atoms with E-state index >= 15 is 0 Å². The van der Waals surface area contributed by atoms with E-state index in [0.29, 0.717) is 17.2 Å². The summed E-state index contributed by atoms with van der Waals surface area (Å²) in [6, 6.07) is 15.6. The monoisotopic (exact) mass is 372 g/mol. The molecule has 0 aliphatic carbocycles. The van der Waals surface area contributed by atoms with E-state index in [-0.39, 0.29) is 5.91 Å². The number of halogens is 1. The molecule has 25 heavy (non-hydrogen) atoms. The van der Waals surface area contributed by atoms with Crippen molar-refractivity contribution in [2.24, 2.45) is 5.73 Å². The molecule has 0 aliphatic rings. The molecule has 3 aromatic rings. The maximum absolute atomic E-state index is 11.0. The molecule has 1 aromatic heterocycles. The largest absolute Gasteiger partial charge is 0.370 e. The molecular weight excluding hydrogens is 356 g/mol. The van der Waals surface area contributed by atoms with Crippen molar-refractivity contribution >= 4 is 29.3 Å². The summed E-state index contributed by atoms with van der Waals surface area (Å²) in [6.45, 7) is 2.04. The smallest absolute Gasteiger partial charge is 0.218 e. The summed E-state index contributed by atoms with van der Waals surface area (Å²) in [6.07, 6.45) is 0.293. The summed E-state index contributed by atoms with van der Waals surface area (Å²) >= 11 is 7.45. The van der Waals surface area contributed by atoms with E-state index in [1.165, 1.54) is 11.8 Å². The molecule has 0 saturated carbocycles. The quantitative estimate of drug-likeness (QED) is 0.666. The number of benzene rings is 2. The van der Waals surface area contributed by atoms with Crippen molar-refractivity contribution in [1.29, 1.82) is 0 Å². The molecule has 0 radical (unpaired) electrons. The minimum absolute atomic E-state index is 0.293. The maximum atomic E-state index is 11.0. The Hall–Kier alpha value is -2.31. The average Bonchev–Trinajstić information content (AvgIpc) is 2.99. The number of amides is 1. The molecule has 0 atom stereocenters. The predicted octanol–water partition coefficient (Wildman–Crippen LogP) is 3.86. The first-order valence-corrected chi connectivity index (χ1v) is 9.10. The topological polar surface area (TPSA) is 73.8 Å². The Balaban J connectivity index is 2.04. The number of carbonyl (C=O) groups excluding carboxylic acids is 1. The highest BCUT2D eigenvalue weighted by Crippen LogP contribution is 2.29. The van der Waals surface area contributed by atoms with Crippen LogP contribution in [-0.4, -0.2) is 26.4 Å². The summed E-state index contributed by atoms with van der Waals surface area (Å²) in [5, 5.41) is 10.0. The number of carbonyl (C=O) groups is 1. The van der Waals surface area contributed by atoms with Gasteiger partial charge in [0.05, 0.1) is 0 Å². The minimum Gasteiger partial charge on any atom is -0.370 e. The van der Waals surface area contributed by atoms with Crippen LogP contribution in [0, 0.1) is 6.92 Å². The fourth-order valence-corrected chi connectivity index (χ4v) is 3.42. The molecule has 0 fully saturated rings. The number of rotatable bonds is 6. The standard InChI is InChI=1S/C18H17ClN4OS/c1-12-3-2-4-15(11-12)23-17(13-5-7-14(19)8-6-13)21-22-18(23)25-10-9-16(20)24/h2-8,11H,9-10H2,1H3,(H2,20,24). The van der Waals surface area contributed by atoms with Gasteiger partial charge in [-0.3, -0.25) is 9.36 Å². The first-order valence-electron chi connectivity index (χ1n) is 7.74. The van der Waals surface area contributed by atoms with Gasteiger partial charge in [-0.1, -0.05) is 35.5 Å². The SMILES string of the molecule is Cc1cccc(-n2c(SCCC(N)=O)nnc2-c2ccc(Cl)cc2)c1. The number of hydrogen-bond donors (Lipinski definition) is 1. The zero-order chi connectivity index (χ0) is 17.8. The van der Waals surface area contributed by atoms with E-state index in [0.717, 1.165) is 27.8 Å². The number of thioether (sulfide) groups is 1. The lowest BCUT2D eigenvalue weighted by atomic mass is 10.2. The van der Waals surface area contributed by atoms with Crippen molar-refractivity contribution in [3.05, 3.63) is 59.1 Å². The summed E-state index contributed by atoms with van der Waals surface area (Å²) in [5.41, 5.74) is 8.25. The van der Waals surface area contributed by atoms with Crippen LogP contribution < -0.4 is 5.73 Å². The van der Waals surface area contributed by atoms with Crippen LogP contribution in [0.3, 0.4) is 0 Å². The van der Waals surface area contributed by atoms with Gasteiger partial charge in [-0.2, -0.15) is 0 Å². The molecule has 3 rings (SSSR count). The molecule has 1 amide bonds. The van der Waals surface area contributed by atoms with E-state index < -0.39 is 0 Å². The van der Waals surface area contributed by atoms with Gasteiger partial charge in [0.1, 0.15) is 0 Å². The third-order valence-corrected chi connectivity index (χ3v) is 4.76. The molecular formula is C18H17ClN4OS. The van der Waals surface area contributed by atoms with E-state index in [1.54, 1.807) is 0 Å². The number of nitrogens with zero attached hydrogens (tertiary/aromatic N) is 3. The van der Waals surface area contributed by atoms with Gasteiger partial charge in [-0.05, 0) is 48.9 Å². The van der Waals surface area contributed by atoms with Crippen LogP contribution in [-0.2, 0) is 4.79 Å². The number of nitrogens with two attached hydrogens (primary N) is 1. The average molecular weight is 373 g/mol. The molecule has 128 valence electrons. The molecule has 5 nitrogen and oxygen atoms in total. The van der Waals surface area contributed by atoms with Crippen LogP contribution in [0.2, 0.25) is 5.02 Å². The number of aromatic nitrogens is 3. The maximum Gasteiger partial charge on any atom is 0.218 e. The van der Waals surface area contributed by atoms with Crippen LogP contribution in [0.25, 0.3) is 17.1 Å². The van der Waals surface area contributed by atoms with Crippen LogP contribution >= 0.6 is 23.4 Å². The first kappa shape index (κ1) is 17.5. The van der Waals surface area contributed by atoms with E-state index in [2.05, 4.69) is 16.3 Å². The molecule has 2 N–H and O–H groups in total. The Morgan fingerprint density at radius 2 is 1.96 bits per heavy atom. The van der Waals surface area contributed by atoms with Crippen molar-refractivity contribution in [3.8, 4) is 17.1 Å². The molecule has 7 heteroatoms. The molecule has 0 saturated heterocycles. The summed E-state index contributed by atoms with van der Waals surface area (Å²) < 4.78 is 1.99. The van der Waals surface area contributed by atoms with Crippen molar-refractivity contribution in [3.63, 3.8) is 0 Å². The second-order valence-corrected chi connectivity index (χ2v) is 7.05. The Labute approximate surface area is 155 Å². The van der Waals surface area contributed by atoms with Gasteiger partial charge in [0.25, 0.3) is 0 Å². The lowest BCUT2D eigenvalue weighted by Crippen LogP contribution is -2.11. The second kappa shape index (κ2) is 7.72. The van der Waals surface area contributed by atoms with Crippen molar-refractivity contribution < 1.29 is 4.79 Å². The number of aryl methyl sites for hydroxylation is 1. The van der Waals surface area contributed by atoms with Crippen LogP contribution in [0.4, 0.5) is 0 Å². The van der Waals surface area contributed by atoms with E-state index in [1.807, 2.05) is 54.0 Å². The lowest BCUT2D eigenvalue weighted by molar-refractivity contribution is -0.117. The predicted molar refractivity (Wildman–Crippen MR) is 101 cm³/mol. The highest BCUT2D eigenvalue weighted by Gasteiger charge is 2.16. The molecule has 0 bridgehead atoms. The Bertz CT molecular complexity index is 892. The Morgan fingerprint density at radius 3 is 2.64 bits per heavy atom. The fraction of sp³-hybridized carbons (Fsp3) is 0.167. The molecule has 0 aliphatic heterocycles. The van der Waals surface area contributed by atoms with Crippen LogP contribution in [0.1, 0.15) is 12.0 Å². The zero-order valence-electron chi connectivity index (χ0n) is 13.6. The van der Waals surface area contributed by atoms with Gasteiger partial charge < -0.3 is 5.73 Å². The first-order chi connectivity index (χ1) is 12.0. The van der Waals surface area contributed by atoms with Gasteiger partial charge in [0.2, 0.25) is 5.91 Å². The second-order valence-electron chi connectivity index (χ2n) is 5.55. The van der Waals surface area contributed by atoms with Crippen molar-refractivity contribution in [2.75, 3.05) is 5.75 Å². The van der Waals surface area contributed by atoms with Crippen LogP contribution in [0.15, 0.2) is 53.7 Å². The summed E-state index contributed by atoms with van der Waals surface area (Å²) in [5.74, 6) is 0.954. The lowest BCUT2D eigenvalue weighted by Gasteiger charge is -2.11. The van der Waals surface area contributed by atoms with Gasteiger partial charge in [-0.25, -0.2) is 0 Å². The molecule has 2 aromatic carbocycles. The van der Waals surface area contributed by atoms with Crippen molar-refractivity contribution in [2.45, 2.75) is 18.5 Å². The zero-order valence-corrected chi connectivity index (χ0v) is 15.2. The normalized spacial score (nSPS) is 10.8. The third-order valence-electron chi connectivity index (χ3n) is 3.58. The van der Waals surface area contributed by atoms with Gasteiger partial charge in [-0.15, -0.1) is 10.2 Å².